The topological polar surface area (TPSA) is 98.7 Å². The Morgan fingerprint density at radius 1 is 1.59 bits per heavy atom. The van der Waals surface area contributed by atoms with Crippen molar-refractivity contribution in [1.29, 1.82) is 0 Å². The SMILES string of the molecule is CC(C)(O)CNC(=O)C1(C)NC(C(=O)O)=CS1. The fourth-order valence-corrected chi connectivity index (χ4v) is 2.03. The van der Waals surface area contributed by atoms with E-state index in [0.717, 1.165) is 11.8 Å². The van der Waals surface area contributed by atoms with E-state index in [0.29, 0.717) is 0 Å². The van der Waals surface area contributed by atoms with Crippen molar-refractivity contribution in [3.63, 3.8) is 0 Å². The maximum absolute atomic E-state index is 11.9. The Morgan fingerprint density at radius 2 is 2.18 bits per heavy atom. The van der Waals surface area contributed by atoms with Crippen LogP contribution in [0.4, 0.5) is 0 Å². The summed E-state index contributed by atoms with van der Waals surface area (Å²) in [5.41, 5.74) is -1.01. The van der Waals surface area contributed by atoms with Crippen molar-refractivity contribution >= 4 is 23.6 Å². The Morgan fingerprint density at radius 3 is 2.59 bits per heavy atom. The second-order valence-electron chi connectivity index (χ2n) is 4.61. The fourth-order valence-electron chi connectivity index (χ4n) is 1.17. The van der Waals surface area contributed by atoms with Gasteiger partial charge < -0.3 is 20.8 Å². The van der Waals surface area contributed by atoms with Crippen LogP contribution >= 0.6 is 11.8 Å². The minimum absolute atomic E-state index is 0.00379. The lowest BCUT2D eigenvalue weighted by molar-refractivity contribution is -0.133. The van der Waals surface area contributed by atoms with Crippen molar-refractivity contribution < 1.29 is 19.8 Å². The first kappa shape index (κ1) is 13.9. The fraction of sp³-hybridized carbons (Fsp3) is 0.600. The molecule has 1 heterocycles. The minimum Gasteiger partial charge on any atom is -0.477 e. The van der Waals surface area contributed by atoms with Crippen molar-refractivity contribution in [2.24, 2.45) is 0 Å². The molecule has 0 aromatic rings. The molecule has 96 valence electrons. The van der Waals surface area contributed by atoms with Crippen molar-refractivity contribution in [1.82, 2.24) is 10.6 Å². The number of carbonyl (C=O) groups excluding carboxylic acids is 1. The van der Waals surface area contributed by atoms with E-state index in [4.69, 9.17) is 5.11 Å². The first-order valence-electron chi connectivity index (χ1n) is 5.04. The Hall–Kier alpha value is -1.21. The summed E-state index contributed by atoms with van der Waals surface area (Å²) >= 11 is 1.09. The first-order chi connectivity index (χ1) is 7.64. The van der Waals surface area contributed by atoms with E-state index in [1.165, 1.54) is 5.41 Å². The lowest BCUT2D eigenvalue weighted by atomic mass is 10.1. The standard InChI is InChI=1S/C10H16N2O4S/c1-9(2,16)5-11-8(15)10(3)12-6(4-17-10)7(13)14/h4,12,16H,5H2,1-3H3,(H,11,15)(H,13,14). The van der Waals surface area contributed by atoms with E-state index in [1.54, 1.807) is 20.8 Å². The van der Waals surface area contributed by atoms with Crippen LogP contribution in [-0.4, -0.2) is 39.1 Å². The van der Waals surface area contributed by atoms with Crippen LogP contribution in [0.25, 0.3) is 0 Å². The van der Waals surface area contributed by atoms with Gasteiger partial charge in [-0.1, -0.05) is 11.8 Å². The van der Waals surface area contributed by atoms with Gasteiger partial charge >= 0.3 is 5.97 Å². The molecule has 0 aliphatic carbocycles. The summed E-state index contributed by atoms with van der Waals surface area (Å²) in [6.45, 7) is 4.84. The lowest BCUT2D eigenvalue weighted by Gasteiger charge is -2.26. The van der Waals surface area contributed by atoms with Gasteiger partial charge in [-0.15, -0.1) is 0 Å². The summed E-state index contributed by atoms with van der Waals surface area (Å²) in [5, 5.41) is 24.8. The molecule has 1 amide bonds. The smallest absolute Gasteiger partial charge is 0.352 e. The van der Waals surface area contributed by atoms with Gasteiger partial charge in [0.2, 0.25) is 0 Å². The number of aliphatic hydroxyl groups is 1. The largest absolute Gasteiger partial charge is 0.477 e. The monoisotopic (exact) mass is 260 g/mol. The summed E-state index contributed by atoms with van der Waals surface area (Å²) in [5.74, 6) is -1.46. The predicted octanol–water partition coefficient (Wildman–Crippen LogP) is -0.148. The maximum atomic E-state index is 11.9. The van der Waals surface area contributed by atoms with Gasteiger partial charge in [-0.05, 0) is 20.8 Å². The molecular weight excluding hydrogens is 244 g/mol. The third-order valence-corrected chi connectivity index (χ3v) is 3.24. The van der Waals surface area contributed by atoms with Gasteiger partial charge in [0.1, 0.15) is 5.70 Å². The number of thioether (sulfide) groups is 1. The highest BCUT2D eigenvalue weighted by molar-refractivity contribution is 8.04. The minimum atomic E-state index is -1.10. The van der Waals surface area contributed by atoms with Gasteiger partial charge in [-0.25, -0.2) is 4.79 Å². The number of nitrogens with one attached hydrogen (secondary N) is 2. The molecule has 0 fully saturated rings. The van der Waals surface area contributed by atoms with Crippen molar-refractivity contribution in [2.45, 2.75) is 31.2 Å². The number of hydrogen-bond donors (Lipinski definition) is 4. The molecule has 1 unspecified atom stereocenters. The van der Waals surface area contributed by atoms with Crippen molar-refractivity contribution in [2.75, 3.05) is 6.54 Å². The van der Waals surface area contributed by atoms with Crippen molar-refractivity contribution in [3.8, 4) is 0 Å². The Labute approximate surface area is 103 Å². The van der Waals surface area contributed by atoms with E-state index >= 15 is 0 Å². The summed E-state index contributed by atoms with van der Waals surface area (Å²) in [4.78, 5) is 21.5. The third-order valence-electron chi connectivity index (χ3n) is 2.13. The van der Waals surface area contributed by atoms with Crippen LogP contribution in [0.3, 0.4) is 0 Å². The van der Waals surface area contributed by atoms with Gasteiger partial charge in [-0.3, -0.25) is 4.79 Å². The average Bonchev–Trinajstić information content (AvgIpc) is 2.57. The quantitative estimate of drug-likeness (QED) is 0.561. The molecule has 4 N–H and O–H groups in total. The van der Waals surface area contributed by atoms with Crippen LogP contribution in [0.5, 0.6) is 0 Å². The first-order valence-corrected chi connectivity index (χ1v) is 5.92. The number of amides is 1. The lowest BCUT2D eigenvalue weighted by Crippen LogP contribution is -2.52. The summed E-state index contributed by atoms with van der Waals surface area (Å²) in [6.07, 6.45) is 0. The number of carboxylic acid groups (broad SMARTS) is 1. The summed E-state index contributed by atoms with van der Waals surface area (Å²) in [7, 11) is 0. The number of carboxylic acids is 1. The molecule has 7 heteroatoms. The molecule has 0 aromatic carbocycles. The highest BCUT2D eigenvalue weighted by atomic mass is 32.2. The Balaban J connectivity index is 2.57. The van der Waals surface area contributed by atoms with Gasteiger partial charge in [0.25, 0.3) is 5.91 Å². The van der Waals surface area contributed by atoms with Gasteiger partial charge in [0.05, 0.1) is 5.60 Å². The summed E-state index contributed by atoms with van der Waals surface area (Å²) in [6, 6.07) is 0. The van der Waals surface area contributed by atoms with Crippen LogP contribution in [0.15, 0.2) is 11.1 Å². The zero-order valence-electron chi connectivity index (χ0n) is 9.90. The molecule has 0 saturated carbocycles. The molecule has 0 aromatic heterocycles. The second-order valence-corrected chi connectivity index (χ2v) is 5.90. The van der Waals surface area contributed by atoms with Crippen LogP contribution in [-0.2, 0) is 9.59 Å². The van der Waals surface area contributed by atoms with E-state index in [2.05, 4.69) is 10.6 Å². The molecule has 1 aliphatic rings. The molecule has 0 bridgehead atoms. The Kier molecular flexibility index (Phi) is 3.73. The molecule has 1 rings (SSSR count). The molecule has 1 atom stereocenters. The van der Waals surface area contributed by atoms with E-state index < -0.39 is 16.4 Å². The number of rotatable bonds is 4. The highest BCUT2D eigenvalue weighted by Crippen LogP contribution is 2.31. The maximum Gasteiger partial charge on any atom is 0.352 e. The number of aliphatic carboxylic acids is 1. The Bertz CT molecular complexity index is 375. The van der Waals surface area contributed by atoms with Crippen LogP contribution < -0.4 is 10.6 Å². The second kappa shape index (κ2) is 4.58. The molecule has 1 aliphatic heterocycles. The zero-order chi connectivity index (χ0) is 13.3. The van der Waals surface area contributed by atoms with Gasteiger partial charge in [-0.2, -0.15) is 0 Å². The number of hydrogen-bond acceptors (Lipinski definition) is 5. The molecule has 0 saturated heterocycles. The van der Waals surface area contributed by atoms with Crippen LogP contribution in [0, 0.1) is 0 Å². The third kappa shape index (κ3) is 3.64. The van der Waals surface area contributed by atoms with Gasteiger partial charge in [0, 0.05) is 12.0 Å². The van der Waals surface area contributed by atoms with E-state index in [9.17, 15) is 14.7 Å². The average molecular weight is 260 g/mol. The predicted molar refractivity (Wildman–Crippen MR) is 64.2 cm³/mol. The molecular formula is C10H16N2O4S. The normalized spacial score (nSPS) is 23.9. The van der Waals surface area contributed by atoms with Crippen LogP contribution in [0.1, 0.15) is 20.8 Å². The van der Waals surface area contributed by atoms with Crippen molar-refractivity contribution in [3.05, 3.63) is 11.1 Å². The number of carbonyl (C=O) groups is 2. The van der Waals surface area contributed by atoms with E-state index in [1.807, 2.05) is 0 Å². The molecule has 6 nitrogen and oxygen atoms in total. The molecule has 0 spiro atoms. The highest BCUT2D eigenvalue weighted by Gasteiger charge is 2.39. The van der Waals surface area contributed by atoms with Gasteiger partial charge in [0.15, 0.2) is 4.87 Å². The summed E-state index contributed by atoms with van der Waals surface area (Å²) < 4.78 is 0. The molecule has 0 radical (unpaired) electrons. The molecule has 17 heavy (non-hydrogen) atoms. The van der Waals surface area contributed by atoms with Crippen LogP contribution in [0.2, 0.25) is 0 Å². The zero-order valence-corrected chi connectivity index (χ0v) is 10.7. The van der Waals surface area contributed by atoms with E-state index in [-0.39, 0.29) is 18.1 Å².